The Bertz CT molecular complexity index is 4020. The van der Waals surface area contributed by atoms with Crippen molar-refractivity contribution in [2.24, 2.45) is 0 Å². The summed E-state index contributed by atoms with van der Waals surface area (Å²) in [5.74, 6) is 0. The number of nitrogens with zero attached hydrogens (tertiary/aromatic N) is 3. The Labute approximate surface area is 457 Å². The molecule has 0 bridgehead atoms. The van der Waals surface area contributed by atoms with E-state index in [0.29, 0.717) is 5.56 Å². The highest BCUT2D eigenvalue weighted by Gasteiger charge is 2.48. The summed E-state index contributed by atoms with van der Waals surface area (Å²) >= 11 is 0. The number of fused-ring (bicyclic) bond motifs is 9. The van der Waals surface area contributed by atoms with Gasteiger partial charge in [-0.3, -0.25) is 0 Å². The van der Waals surface area contributed by atoms with Crippen molar-refractivity contribution >= 4 is 96.2 Å². The predicted octanol–water partition coefficient (Wildman–Crippen LogP) is 18.1. The van der Waals surface area contributed by atoms with Gasteiger partial charge in [0.05, 0.1) is 0 Å². The van der Waals surface area contributed by atoms with E-state index in [-0.39, 0.29) is 33.8 Å². The van der Waals surface area contributed by atoms with E-state index < -0.39 is 6.85 Å². The van der Waals surface area contributed by atoms with Crippen molar-refractivity contribution in [1.82, 2.24) is 0 Å². The Hall–Kier alpha value is -6.98. The Morgan fingerprint density at radius 2 is 1.13 bits per heavy atom. The predicted molar refractivity (Wildman–Crippen MR) is 326 cm³/mol. The summed E-state index contributed by atoms with van der Waals surface area (Å²) in [7, 11) is 0. The zero-order valence-corrected chi connectivity index (χ0v) is 47.0. The molecule has 0 atom stereocenters. The van der Waals surface area contributed by atoms with E-state index in [9.17, 15) is 4.11 Å². The van der Waals surface area contributed by atoms with E-state index in [1.807, 2.05) is 18.2 Å². The van der Waals surface area contributed by atoms with Gasteiger partial charge in [-0.2, -0.15) is 0 Å². The van der Waals surface area contributed by atoms with Crippen molar-refractivity contribution in [3.05, 3.63) is 190 Å². The van der Waals surface area contributed by atoms with E-state index in [4.69, 9.17) is 4.42 Å². The molecule has 0 fully saturated rings. The summed E-state index contributed by atoms with van der Waals surface area (Å²) in [5.41, 5.74) is 23.1. The molecule has 9 aromatic rings. The Kier molecular flexibility index (Phi) is 9.83. The average Bonchev–Trinajstić information content (AvgIpc) is 2.59. The third-order valence-corrected chi connectivity index (χ3v) is 18.5. The van der Waals surface area contributed by atoms with Crippen LogP contribution in [0.2, 0.25) is 0 Å². The SMILES string of the molecule is [2H]C([2H])([2H])c1cc2c3c(c1)N(c1ccc4c(c1)C(C)(C)CCC4(C)C)c1cc4c(cc1B3c1ccc(N(c3cccc(C)c3)c3ccccc3C)cc1N2c1cc(C(C)(C)C)c2oc3ccccc3c2c1)C(C)(C)CCC4(C)C. The highest BCUT2D eigenvalue weighted by atomic mass is 16.3. The van der Waals surface area contributed by atoms with Gasteiger partial charge in [-0.05, 0) is 208 Å². The second-order valence-corrected chi connectivity index (χ2v) is 26.7. The molecule has 2 aliphatic heterocycles. The molecule has 0 saturated carbocycles. The van der Waals surface area contributed by atoms with Gasteiger partial charge in [0, 0.05) is 71.6 Å². The minimum atomic E-state index is -2.43. The lowest BCUT2D eigenvalue weighted by atomic mass is 9.33. The lowest BCUT2D eigenvalue weighted by molar-refractivity contribution is 0.332. The van der Waals surface area contributed by atoms with Crippen molar-refractivity contribution in [2.45, 2.75) is 150 Å². The van der Waals surface area contributed by atoms with Gasteiger partial charge < -0.3 is 19.1 Å². The van der Waals surface area contributed by atoms with Crippen molar-refractivity contribution in [2.75, 3.05) is 14.7 Å². The van der Waals surface area contributed by atoms with Crippen molar-refractivity contribution in [3.8, 4) is 0 Å². The van der Waals surface area contributed by atoms with Gasteiger partial charge in [0.2, 0.25) is 0 Å². The number of para-hydroxylation sites is 2. The maximum atomic E-state index is 9.39. The number of anilines is 9. The minimum Gasteiger partial charge on any atom is -0.456 e. The quantitative estimate of drug-likeness (QED) is 0.160. The zero-order valence-electron chi connectivity index (χ0n) is 50.0. The largest absolute Gasteiger partial charge is 0.456 e. The third kappa shape index (κ3) is 7.38. The van der Waals surface area contributed by atoms with E-state index >= 15 is 0 Å². The van der Waals surface area contributed by atoms with Gasteiger partial charge in [-0.15, -0.1) is 0 Å². The molecule has 0 unspecified atom stereocenters. The number of furan rings is 1. The summed E-state index contributed by atoms with van der Waals surface area (Å²) in [4.78, 5) is 7.28. The lowest BCUT2D eigenvalue weighted by Gasteiger charge is -2.48. The highest BCUT2D eigenvalue weighted by molar-refractivity contribution is 7.00. The molecule has 76 heavy (non-hydrogen) atoms. The molecule has 0 radical (unpaired) electrons. The standard InChI is InChI=1S/C71H74BN3O/c1-43-20-19-22-46(34-43)73(59-24-17-15-21-45(59)3)48-27-29-57-60(40-48)75(49-37-51-50-23-16-18-25-64(50)76-66(51)56(39-49)67(4,5)6)63-36-44(2)35-62-65(63)72(57)58-41-54-55(71(13,14)33-32-70(54,11)12)42-61(58)74(62)47-26-28-52-53(38-47)69(9,10)31-30-68(52,7)8/h15-29,34-42H,30-33H2,1-14H3/i2D3. The van der Waals surface area contributed by atoms with Crippen LogP contribution < -0.4 is 31.1 Å². The molecular weight excluding hydrogens is 922 g/mol. The maximum Gasteiger partial charge on any atom is 0.252 e. The molecule has 4 aliphatic rings. The normalized spacial score (nSPS) is 18.2. The van der Waals surface area contributed by atoms with Crippen LogP contribution in [0, 0.1) is 20.7 Å². The number of hydrogen-bond donors (Lipinski definition) is 0. The van der Waals surface area contributed by atoms with Gasteiger partial charge in [0.1, 0.15) is 11.2 Å². The molecule has 0 amide bonds. The van der Waals surface area contributed by atoms with Gasteiger partial charge >= 0.3 is 0 Å². The van der Waals surface area contributed by atoms with E-state index in [1.165, 1.54) is 38.7 Å². The fraction of sp³-hybridized carbons (Fsp3) is 0.324. The summed E-state index contributed by atoms with van der Waals surface area (Å²) in [6, 6.07) is 53.8. The van der Waals surface area contributed by atoms with Crippen LogP contribution in [0.4, 0.5) is 51.2 Å². The molecule has 0 N–H and O–H groups in total. The third-order valence-electron chi connectivity index (χ3n) is 18.5. The van der Waals surface area contributed by atoms with Crippen LogP contribution in [0.3, 0.4) is 0 Å². The summed E-state index contributed by atoms with van der Waals surface area (Å²) in [6.07, 6.45) is 4.37. The maximum absolute atomic E-state index is 9.39. The summed E-state index contributed by atoms with van der Waals surface area (Å²) in [6.45, 7) is 27.7. The molecule has 0 spiro atoms. The van der Waals surface area contributed by atoms with Crippen LogP contribution >= 0.6 is 0 Å². The van der Waals surface area contributed by atoms with Crippen LogP contribution in [0.1, 0.15) is 150 Å². The van der Waals surface area contributed by atoms with Crippen molar-refractivity contribution < 1.29 is 8.53 Å². The Balaban J connectivity index is 1.19. The van der Waals surface area contributed by atoms with Crippen LogP contribution in [-0.2, 0) is 27.1 Å². The smallest absolute Gasteiger partial charge is 0.252 e. The second kappa shape index (κ2) is 16.5. The number of rotatable bonds is 5. The first-order valence-corrected chi connectivity index (χ1v) is 27.9. The topological polar surface area (TPSA) is 22.9 Å². The van der Waals surface area contributed by atoms with Gasteiger partial charge in [-0.25, -0.2) is 0 Å². The Morgan fingerprint density at radius 1 is 0.513 bits per heavy atom. The van der Waals surface area contributed by atoms with Gasteiger partial charge in [0.15, 0.2) is 0 Å². The van der Waals surface area contributed by atoms with Crippen LogP contribution in [0.5, 0.6) is 0 Å². The first kappa shape index (κ1) is 45.2. The summed E-state index contributed by atoms with van der Waals surface area (Å²) < 4.78 is 35.0. The number of benzene rings is 8. The monoisotopic (exact) mass is 999 g/mol. The number of hydrogen-bond acceptors (Lipinski definition) is 4. The lowest BCUT2D eigenvalue weighted by Crippen LogP contribution is -2.62. The molecule has 1 aromatic heterocycles. The fourth-order valence-corrected chi connectivity index (χ4v) is 14.0. The second-order valence-electron chi connectivity index (χ2n) is 26.7. The van der Waals surface area contributed by atoms with Crippen molar-refractivity contribution in [1.29, 1.82) is 0 Å². The molecule has 5 heteroatoms. The van der Waals surface area contributed by atoms with E-state index in [1.54, 1.807) is 0 Å². The molecule has 2 aliphatic carbocycles. The van der Waals surface area contributed by atoms with Crippen LogP contribution in [0.25, 0.3) is 21.9 Å². The van der Waals surface area contributed by atoms with Crippen molar-refractivity contribution in [3.63, 3.8) is 0 Å². The minimum absolute atomic E-state index is 0.0216. The molecule has 3 heterocycles. The molecule has 0 saturated heterocycles. The first-order chi connectivity index (χ1) is 37.2. The first-order valence-electron chi connectivity index (χ1n) is 29.4. The summed E-state index contributed by atoms with van der Waals surface area (Å²) in [5, 5.41) is 2.08. The zero-order chi connectivity index (χ0) is 55.7. The van der Waals surface area contributed by atoms with Crippen LogP contribution in [0.15, 0.2) is 150 Å². The molecule has 4 nitrogen and oxygen atoms in total. The number of aryl methyl sites for hydroxylation is 3. The molecule has 382 valence electrons. The fourth-order valence-electron chi connectivity index (χ4n) is 14.0. The van der Waals surface area contributed by atoms with E-state index in [2.05, 4.69) is 232 Å². The van der Waals surface area contributed by atoms with Crippen LogP contribution in [-0.4, -0.2) is 6.71 Å². The molecular formula is C71H74BN3O. The Morgan fingerprint density at radius 3 is 1.82 bits per heavy atom. The average molecular weight is 999 g/mol. The van der Waals surface area contributed by atoms with E-state index in [0.717, 1.165) is 115 Å². The molecule has 8 aromatic carbocycles. The van der Waals surface area contributed by atoms with Gasteiger partial charge in [0.25, 0.3) is 6.71 Å². The van der Waals surface area contributed by atoms with Gasteiger partial charge in [-0.1, -0.05) is 143 Å². The highest BCUT2D eigenvalue weighted by Crippen LogP contribution is 2.54. The molecule has 13 rings (SSSR count).